The summed E-state index contributed by atoms with van der Waals surface area (Å²) in [4.78, 5) is 6.43. The molecule has 1 heterocycles. The Kier molecular flexibility index (Phi) is 8.56. The summed E-state index contributed by atoms with van der Waals surface area (Å²) in [6, 6.07) is 12.9. The van der Waals surface area contributed by atoms with Crippen molar-refractivity contribution in [2.75, 3.05) is 39.8 Å². The van der Waals surface area contributed by atoms with Crippen molar-refractivity contribution < 1.29 is 13.2 Å². The maximum absolute atomic E-state index is 12.1. The van der Waals surface area contributed by atoms with Gasteiger partial charge in [-0.25, -0.2) is 13.1 Å². The minimum atomic E-state index is -3.45. The first-order valence-corrected chi connectivity index (χ1v) is 11.1. The molecular formula is C18H26N4O3S2. The Bertz CT molecular complexity index is 793. The number of likely N-dealkylation sites (N-methyl/N-ethyl adjacent to an activating group) is 1. The SMILES string of the molecule is CCNC(=NCCNS(=O)(=O)c1cccs1)N(C)CCOc1ccccc1. The molecule has 0 saturated carbocycles. The minimum absolute atomic E-state index is 0.240. The van der Waals surface area contributed by atoms with E-state index < -0.39 is 10.0 Å². The standard InChI is InChI=1S/C18H26N4O3S2/c1-3-19-18(22(2)13-14-25-16-8-5-4-6-9-16)20-11-12-21-27(23,24)17-10-7-15-26-17/h4-10,15,21H,3,11-14H2,1-2H3,(H,19,20). The molecule has 148 valence electrons. The summed E-state index contributed by atoms with van der Waals surface area (Å²) in [5, 5.41) is 4.94. The molecule has 1 aromatic heterocycles. The number of nitrogens with one attached hydrogen (secondary N) is 2. The molecule has 9 heteroatoms. The van der Waals surface area contributed by atoms with Gasteiger partial charge in [-0.1, -0.05) is 24.3 Å². The molecule has 0 aliphatic heterocycles. The fraction of sp³-hybridized carbons (Fsp3) is 0.389. The minimum Gasteiger partial charge on any atom is -0.492 e. The number of ether oxygens (including phenoxy) is 1. The quantitative estimate of drug-likeness (QED) is 0.356. The number of benzene rings is 1. The van der Waals surface area contributed by atoms with Crippen molar-refractivity contribution in [3.8, 4) is 5.75 Å². The Hall–Kier alpha value is -2.10. The second-order valence-electron chi connectivity index (χ2n) is 5.65. The predicted molar refractivity (Wildman–Crippen MR) is 110 cm³/mol. The van der Waals surface area contributed by atoms with Gasteiger partial charge >= 0.3 is 0 Å². The number of thiophene rings is 1. The predicted octanol–water partition coefficient (Wildman–Crippen LogP) is 2.00. The second-order valence-corrected chi connectivity index (χ2v) is 8.59. The highest BCUT2D eigenvalue weighted by molar-refractivity contribution is 7.91. The molecule has 0 unspecified atom stereocenters. The van der Waals surface area contributed by atoms with Crippen LogP contribution in [-0.2, 0) is 10.0 Å². The van der Waals surface area contributed by atoms with Gasteiger partial charge in [0, 0.05) is 20.1 Å². The Balaban J connectivity index is 1.80. The van der Waals surface area contributed by atoms with E-state index in [0.29, 0.717) is 29.9 Å². The van der Waals surface area contributed by atoms with Crippen LogP contribution < -0.4 is 14.8 Å². The zero-order valence-electron chi connectivity index (χ0n) is 15.6. The first-order chi connectivity index (χ1) is 13.0. The lowest BCUT2D eigenvalue weighted by Gasteiger charge is -2.22. The molecule has 7 nitrogen and oxygen atoms in total. The van der Waals surface area contributed by atoms with Crippen molar-refractivity contribution in [1.82, 2.24) is 14.9 Å². The molecule has 2 N–H and O–H groups in total. The molecule has 0 amide bonds. The van der Waals surface area contributed by atoms with Crippen molar-refractivity contribution in [2.24, 2.45) is 4.99 Å². The van der Waals surface area contributed by atoms with E-state index in [2.05, 4.69) is 15.0 Å². The fourth-order valence-corrected chi connectivity index (χ4v) is 4.28. The number of guanidine groups is 1. The Labute approximate surface area is 165 Å². The molecule has 27 heavy (non-hydrogen) atoms. The first kappa shape index (κ1) is 21.2. The van der Waals surface area contributed by atoms with Gasteiger partial charge in [0.1, 0.15) is 16.6 Å². The zero-order chi connectivity index (χ0) is 19.5. The largest absolute Gasteiger partial charge is 0.492 e. The number of rotatable bonds is 10. The van der Waals surface area contributed by atoms with Gasteiger partial charge in [0.15, 0.2) is 5.96 Å². The van der Waals surface area contributed by atoms with Gasteiger partial charge in [-0.15, -0.1) is 11.3 Å². The topological polar surface area (TPSA) is 83.0 Å². The molecule has 0 fully saturated rings. The third-order valence-corrected chi connectivity index (χ3v) is 6.42. The van der Waals surface area contributed by atoms with Gasteiger partial charge < -0.3 is 15.0 Å². The highest BCUT2D eigenvalue weighted by Gasteiger charge is 2.14. The van der Waals surface area contributed by atoms with Crippen molar-refractivity contribution in [1.29, 1.82) is 0 Å². The van der Waals surface area contributed by atoms with E-state index in [1.807, 2.05) is 49.2 Å². The van der Waals surface area contributed by atoms with Crippen LogP contribution in [0.5, 0.6) is 5.75 Å². The molecule has 0 aliphatic rings. The van der Waals surface area contributed by atoms with E-state index in [9.17, 15) is 8.42 Å². The van der Waals surface area contributed by atoms with Crippen LogP contribution in [0.15, 0.2) is 57.0 Å². The maximum atomic E-state index is 12.1. The average Bonchev–Trinajstić information content (AvgIpc) is 3.21. The molecule has 2 rings (SSSR count). The Morgan fingerprint density at radius 1 is 1.22 bits per heavy atom. The van der Waals surface area contributed by atoms with E-state index in [4.69, 9.17) is 4.74 Å². The van der Waals surface area contributed by atoms with Crippen molar-refractivity contribution in [3.05, 3.63) is 47.8 Å². The summed E-state index contributed by atoms with van der Waals surface area (Å²) < 4.78 is 32.7. The van der Waals surface area contributed by atoms with Gasteiger partial charge in [0.2, 0.25) is 10.0 Å². The second kappa shape index (κ2) is 10.9. The van der Waals surface area contributed by atoms with Crippen molar-refractivity contribution in [3.63, 3.8) is 0 Å². The van der Waals surface area contributed by atoms with Crippen molar-refractivity contribution in [2.45, 2.75) is 11.1 Å². The lowest BCUT2D eigenvalue weighted by molar-refractivity contribution is 0.281. The highest BCUT2D eigenvalue weighted by atomic mass is 32.2. The van der Waals surface area contributed by atoms with Crippen LogP contribution in [0.2, 0.25) is 0 Å². The number of hydrogen-bond acceptors (Lipinski definition) is 5. The molecule has 0 bridgehead atoms. The molecule has 1 aromatic carbocycles. The van der Waals surface area contributed by atoms with Gasteiger partial charge in [0.25, 0.3) is 0 Å². The first-order valence-electron chi connectivity index (χ1n) is 8.73. The monoisotopic (exact) mass is 410 g/mol. The van der Waals surface area contributed by atoms with Crippen LogP contribution in [0.3, 0.4) is 0 Å². The number of para-hydroxylation sites is 1. The smallest absolute Gasteiger partial charge is 0.250 e. The molecule has 0 aliphatic carbocycles. The number of aliphatic imine (C=N–C) groups is 1. The summed E-state index contributed by atoms with van der Waals surface area (Å²) in [7, 11) is -1.52. The van der Waals surface area contributed by atoms with Crippen LogP contribution >= 0.6 is 11.3 Å². The Morgan fingerprint density at radius 3 is 2.67 bits per heavy atom. The summed E-state index contributed by atoms with van der Waals surface area (Å²) in [5.74, 6) is 1.54. The van der Waals surface area contributed by atoms with E-state index in [-0.39, 0.29) is 6.54 Å². The third kappa shape index (κ3) is 7.20. The Morgan fingerprint density at radius 2 is 2.00 bits per heavy atom. The molecule has 0 spiro atoms. The van der Waals surface area contributed by atoms with Gasteiger partial charge in [0.05, 0.1) is 13.1 Å². The highest BCUT2D eigenvalue weighted by Crippen LogP contribution is 2.14. The number of nitrogens with zero attached hydrogens (tertiary/aromatic N) is 2. The fourth-order valence-electron chi connectivity index (χ4n) is 2.22. The molecular weight excluding hydrogens is 384 g/mol. The molecule has 0 radical (unpaired) electrons. The number of hydrogen-bond donors (Lipinski definition) is 2. The summed E-state index contributed by atoms with van der Waals surface area (Å²) in [6.45, 7) is 4.48. The summed E-state index contributed by atoms with van der Waals surface area (Å²) >= 11 is 1.19. The normalized spacial score (nSPS) is 12.0. The van der Waals surface area contributed by atoms with Gasteiger partial charge in [-0.05, 0) is 30.5 Å². The van der Waals surface area contributed by atoms with Crippen LogP contribution in [0.25, 0.3) is 0 Å². The van der Waals surface area contributed by atoms with Crippen LogP contribution in [0.4, 0.5) is 0 Å². The van der Waals surface area contributed by atoms with E-state index in [1.54, 1.807) is 17.5 Å². The van der Waals surface area contributed by atoms with E-state index in [1.165, 1.54) is 11.3 Å². The van der Waals surface area contributed by atoms with E-state index in [0.717, 1.165) is 12.3 Å². The van der Waals surface area contributed by atoms with E-state index >= 15 is 0 Å². The van der Waals surface area contributed by atoms with Crippen LogP contribution in [0.1, 0.15) is 6.92 Å². The molecule has 0 saturated heterocycles. The van der Waals surface area contributed by atoms with Gasteiger partial charge in [-0.3, -0.25) is 4.99 Å². The third-order valence-electron chi connectivity index (χ3n) is 3.56. The van der Waals surface area contributed by atoms with Crippen LogP contribution in [-0.4, -0.2) is 59.1 Å². The summed E-state index contributed by atoms with van der Waals surface area (Å²) in [5.41, 5.74) is 0. The van der Waals surface area contributed by atoms with Crippen LogP contribution in [0, 0.1) is 0 Å². The maximum Gasteiger partial charge on any atom is 0.250 e. The zero-order valence-corrected chi connectivity index (χ0v) is 17.2. The molecule has 2 aromatic rings. The lowest BCUT2D eigenvalue weighted by Crippen LogP contribution is -2.41. The average molecular weight is 411 g/mol. The van der Waals surface area contributed by atoms with Gasteiger partial charge in [-0.2, -0.15) is 0 Å². The lowest BCUT2D eigenvalue weighted by atomic mass is 10.3. The molecule has 0 atom stereocenters. The summed E-state index contributed by atoms with van der Waals surface area (Å²) in [6.07, 6.45) is 0. The number of sulfonamides is 1. The van der Waals surface area contributed by atoms with Crippen molar-refractivity contribution >= 4 is 27.3 Å².